The SMILES string of the molecule is CCOC(=O)c1c(-c2ccc(F)cc2)oc2cc(C(=O)N3CCCCC3)c(O)cc12. The Morgan fingerprint density at radius 3 is 2.50 bits per heavy atom. The van der Waals surface area contributed by atoms with Crippen LogP contribution in [0.2, 0.25) is 0 Å². The van der Waals surface area contributed by atoms with Gasteiger partial charge in [-0.1, -0.05) is 0 Å². The first kappa shape index (κ1) is 19.9. The third kappa shape index (κ3) is 3.63. The second-order valence-electron chi connectivity index (χ2n) is 7.25. The molecule has 0 saturated carbocycles. The number of phenolic OH excluding ortho intramolecular Hbond substituents is 1. The first-order valence-electron chi connectivity index (χ1n) is 10.0. The van der Waals surface area contributed by atoms with Gasteiger partial charge in [-0.15, -0.1) is 0 Å². The fourth-order valence-corrected chi connectivity index (χ4v) is 3.78. The number of hydrogen-bond donors (Lipinski definition) is 1. The first-order chi connectivity index (χ1) is 14.5. The predicted octanol–water partition coefficient (Wildman–Crippen LogP) is 4.75. The van der Waals surface area contributed by atoms with E-state index in [9.17, 15) is 19.1 Å². The van der Waals surface area contributed by atoms with E-state index in [1.54, 1.807) is 11.8 Å². The van der Waals surface area contributed by atoms with Crippen LogP contribution >= 0.6 is 0 Å². The van der Waals surface area contributed by atoms with Crippen molar-refractivity contribution in [2.45, 2.75) is 26.2 Å². The quantitative estimate of drug-likeness (QED) is 0.627. The summed E-state index contributed by atoms with van der Waals surface area (Å²) in [6.45, 7) is 3.13. The second-order valence-corrected chi connectivity index (χ2v) is 7.25. The lowest BCUT2D eigenvalue weighted by Crippen LogP contribution is -2.35. The van der Waals surface area contributed by atoms with Crippen LogP contribution in [0.15, 0.2) is 40.8 Å². The number of rotatable bonds is 4. The van der Waals surface area contributed by atoms with E-state index < -0.39 is 11.8 Å². The van der Waals surface area contributed by atoms with Crippen LogP contribution in [0.4, 0.5) is 4.39 Å². The number of carbonyl (C=O) groups excluding carboxylic acids is 2. The van der Waals surface area contributed by atoms with E-state index in [0.29, 0.717) is 24.0 Å². The van der Waals surface area contributed by atoms with Crippen molar-refractivity contribution >= 4 is 22.8 Å². The van der Waals surface area contributed by atoms with Crippen molar-refractivity contribution in [3.63, 3.8) is 0 Å². The number of likely N-dealkylation sites (tertiary alicyclic amines) is 1. The molecule has 0 atom stereocenters. The summed E-state index contributed by atoms with van der Waals surface area (Å²) in [6.07, 6.45) is 2.94. The van der Waals surface area contributed by atoms with Crippen LogP contribution in [0.25, 0.3) is 22.3 Å². The maximum absolute atomic E-state index is 13.4. The molecule has 1 aromatic heterocycles. The third-order valence-corrected chi connectivity index (χ3v) is 5.27. The maximum Gasteiger partial charge on any atom is 0.342 e. The molecule has 30 heavy (non-hydrogen) atoms. The van der Waals surface area contributed by atoms with Crippen molar-refractivity contribution in [3.05, 3.63) is 53.3 Å². The van der Waals surface area contributed by atoms with Crippen molar-refractivity contribution in [1.82, 2.24) is 4.90 Å². The van der Waals surface area contributed by atoms with Gasteiger partial charge in [-0.25, -0.2) is 9.18 Å². The van der Waals surface area contributed by atoms with Crippen LogP contribution in [-0.4, -0.2) is 41.6 Å². The van der Waals surface area contributed by atoms with E-state index >= 15 is 0 Å². The van der Waals surface area contributed by atoms with Crippen LogP contribution in [0.1, 0.15) is 46.9 Å². The Morgan fingerprint density at radius 1 is 1.13 bits per heavy atom. The molecule has 6 nitrogen and oxygen atoms in total. The molecule has 0 bridgehead atoms. The molecular weight excluding hydrogens is 389 g/mol. The molecule has 2 heterocycles. The number of aromatic hydroxyl groups is 1. The number of amides is 1. The van der Waals surface area contributed by atoms with Gasteiger partial charge in [-0.05, 0) is 62.6 Å². The molecule has 2 aromatic carbocycles. The standard InChI is InChI=1S/C23H22FNO5/c1-2-29-23(28)20-17-12-18(26)16(22(27)25-10-4-3-5-11-25)13-19(17)30-21(20)14-6-8-15(24)9-7-14/h6-9,12-13,26H,2-5,10-11H2,1H3. The lowest BCUT2D eigenvalue weighted by Gasteiger charge is -2.26. The summed E-state index contributed by atoms with van der Waals surface area (Å²) < 4.78 is 24.4. The largest absolute Gasteiger partial charge is 0.507 e. The molecule has 0 unspecified atom stereocenters. The van der Waals surface area contributed by atoms with Gasteiger partial charge in [-0.2, -0.15) is 0 Å². The Labute approximate surface area is 172 Å². The van der Waals surface area contributed by atoms with E-state index in [-0.39, 0.29) is 40.7 Å². The van der Waals surface area contributed by atoms with E-state index in [0.717, 1.165) is 19.3 Å². The van der Waals surface area contributed by atoms with Gasteiger partial charge in [0.15, 0.2) is 0 Å². The predicted molar refractivity (Wildman–Crippen MR) is 109 cm³/mol. The van der Waals surface area contributed by atoms with Gasteiger partial charge in [0.25, 0.3) is 5.91 Å². The molecule has 0 aliphatic carbocycles. The number of hydrogen-bond acceptors (Lipinski definition) is 5. The summed E-state index contributed by atoms with van der Waals surface area (Å²) in [5.74, 6) is -1.34. The number of fused-ring (bicyclic) bond motifs is 1. The van der Waals surface area contributed by atoms with Crippen LogP contribution in [-0.2, 0) is 4.74 Å². The van der Waals surface area contributed by atoms with Gasteiger partial charge in [0.1, 0.15) is 28.5 Å². The molecule has 3 aromatic rings. The summed E-state index contributed by atoms with van der Waals surface area (Å²) >= 11 is 0. The lowest BCUT2D eigenvalue weighted by molar-refractivity contribution is 0.0528. The Kier molecular flexibility index (Phi) is 5.44. The van der Waals surface area contributed by atoms with Crippen molar-refractivity contribution < 1.29 is 28.2 Å². The van der Waals surface area contributed by atoms with E-state index in [1.807, 2.05) is 0 Å². The summed E-state index contributed by atoms with van der Waals surface area (Å²) in [4.78, 5) is 27.2. The number of nitrogens with zero attached hydrogens (tertiary/aromatic N) is 1. The summed E-state index contributed by atoms with van der Waals surface area (Å²) in [5.41, 5.74) is 1.01. The molecule has 1 saturated heterocycles. The normalized spacial score (nSPS) is 14.1. The van der Waals surface area contributed by atoms with E-state index in [1.165, 1.54) is 36.4 Å². The van der Waals surface area contributed by atoms with E-state index in [2.05, 4.69) is 0 Å². The van der Waals surface area contributed by atoms with Crippen LogP contribution in [0, 0.1) is 5.82 Å². The number of piperidine rings is 1. The van der Waals surface area contributed by atoms with Gasteiger partial charge < -0.3 is 19.2 Å². The molecule has 1 aliphatic rings. The zero-order valence-corrected chi connectivity index (χ0v) is 16.6. The number of carbonyl (C=O) groups is 2. The zero-order valence-electron chi connectivity index (χ0n) is 16.6. The third-order valence-electron chi connectivity index (χ3n) is 5.27. The average molecular weight is 411 g/mol. The van der Waals surface area contributed by atoms with Gasteiger partial charge >= 0.3 is 5.97 Å². The molecule has 0 spiro atoms. The fourth-order valence-electron chi connectivity index (χ4n) is 3.78. The minimum absolute atomic E-state index is 0.124. The highest BCUT2D eigenvalue weighted by Crippen LogP contribution is 2.38. The maximum atomic E-state index is 13.4. The lowest BCUT2D eigenvalue weighted by atomic mass is 10.0. The van der Waals surface area contributed by atoms with Gasteiger partial charge in [0, 0.05) is 24.0 Å². The topological polar surface area (TPSA) is 80.0 Å². The highest BCUT2D eigenvalue weighted by Gasteiger charge is 2.27. The monoisotopic (exact) mass is 411 g/mol. The van der Waals surface area contributed by atoms with Crippen molar-refractivity contribution in [2.24, 2.45) is 0 Å². The molecule has 4 rings (SSSR count). The Bertz CT molecular complexity index is 1100. The highest BCUT2D eigenvalue weighted by molar-refractivity contribution is 6.11. The number of furan rings is 1. The fraction of sp³-hybridized carbons (Fsp3) is 0.304. The van der Waals surface area contributed by atoms with E-state index in [4.69, 9.17) is 9.15 Å². The summed E-state index contributed by atoms with van der Waals surface area (Å²) in [5, 5.41) is 10.9. The number of phenols is 1. The molecule has 1 amide bonds. The van der Waals surface area contributed by atoms with Crippen LogP contribution < -0.4 is 0 Å². The number of benzene rings is 2. The number of halogens is 1. The van der Waals surface area contributed by atoms with Crippen molar-refractivity contribution in [1.29, 1.82) is 0 Å². The molecule has 1 N–H and O–H groups in total. The molecular formula is C23H22FNO5. The summed E-state index contributed by atoms with van der Waals surface area (Å²) in [7, 11) is 0. The second kappa shape index (κ2) is 8.18. The smallest absolute Gasteiger partial charge is 0.342 e. The van der Waals surface area contributed by atoms with Crippen LogP contribution in [0.5, 0.6) is 5.75 Å². The first-order valence-corrected chi connectivity index (χ1v) is 10.0. The zero-order chi connectivity index (χ0) is 21.3. The highest BCUT2D eigenvalue weighted by atomic mass is 19.1. The average Bonchev–Trinajstić information content (AvgIpc) is 3.12. The minimum atomic E-state index is -0.620. The van der Waals surface area contributed by atoms with Crippen LogP contribution in [0.3, 0.4) is 0 Å². The van der Waals surface area contributed by atoms with Crippen molar-refractivity contribution in [2.75, 3.05) is 19.7 Å². The van der Waals surface area contributed by atoms with Gasteiger partial charge in [0.2, 0.25) is 0 Å². The number of esters is 1. The molecule has 7 heteroatoms. The Hall–Kier alpha value is -3.35. The molecule has 1 aliphatic heterocycles. The Balaban J connectivity index is 1.85. The van der Waals surface area contributed by atoms with Gasteiger partial charge in [0.05, 0.1) is 12.2 Å². The Morgan fingerprint density at radius 2 is 1.83 bits per heavy atom. The van der Waals surface area contributed by atoms with Crippen molar-refractivity contribution in [3.8, 4) is 17.1 Å². The molecule has 0 radical (unpaired) electrons. The number of ether oxygens (including phenoxy) is 1. The van der Waals surface area contributed by atoms with Gasteiger partial charge in [-0.3, -0.25) is 4.79 Å². The molecule has 156 valence electrons. The summed E-state index contributed by atoms with van der Waals surface area (Å²) in [6, 6.07) is 8.33. The minimum Gasteiger partial charge on any atom is -0.507 e. The molecule has 1 fully saturated rings.